The maximum Gasteiger partial charge on any atom is 0.433 e. The van der Waals surface area contributed by atoms with Crippen LogP contribution in [0.5, 0.6) is 0 Å². The molecular weight excluding hydrogens is 355 g/mol. The maximum absolute atomic E-state index is 13.2. The molecule has 0 radical (unpaired) electrons. The van der Waals surface area contributed by atoms with Crippen molar-refractivity contribution < 1.29 is 23.6 Å². The number of halogens is 3. The first-order valence-corrected chi connectivity index (χ1v) is 7.15. The predicted octanol–water partition coefficient (Wildman–Crippen LogP) is 2.46. The van der Waals surface area contributed by atoms with Crippen molar-refractivity contribution in [3.63, 3.8) is 0 Å². The first-order valence-electron chi connectivity index (χ1n) is 7.15. The van der Waals surface area contributed by atoms with Gasteiger partial charge in [-0.05, 0) is 19.1 Å². The molecule has 3 aromatic rings. The van der Waals surface area contributed by atoms with Crippen molar-refractivity contribution in [2.24, 2.45) is 10.2 Å². The molecule has 0 saturated heterocycles. The number of alkyl halides is 3. The second-order valence-corrected chi connectivity index (χ2v) is 5.27. The van der Waals surface area contributed by atoms with Crippen molar-refractivity contribution in [1.29, 1.82) is 0 Å². The van der Waals surface area contributed by atoms with E-state index in [-0.39, 0.29) is 34.2 Å². The Hall–Kier alpha value is -3.09. The van der Waals surface area contributed by atoms with Gasteiger partial charge in [0.1, 0.15) is 11.4 Å². The van der Waals surface area contributed by atoms with E-state index in [1.165, 1.54) is 25.1 Å². The fourth-order valence-electron chi connectivity index (χ4n) is 2.29. The molecule has 12 heteroatoms. The number of benzene rings is 1. The predicted molar refractivity (Wildman–Crippen MR) is 83.5 cm³/mol. The van der Waals surface area contributed by atoms with Crippen molar-refractivity contribution in [3.8, 4) is 0 Å². The number of nitrogen functional groups attached to an aromatic ring is 1. The van der Waals surface area contributed by atoms with E-state index in [4.69, 9.17) is 10.9 Å². The third kappa shape index (κ3) is 3.20. The summed E-state index contributed by atoms with van der Waals surface area (Å²) < 4.78 is 40.1. The molecule has 0 aliphatic carbocycles. The molecule has 2 heterocycles. The highest BCUT2D eigenvalue weighted by Crippen LogP contribution is 2.35. The van der Waals surface area contributed by atoms with Crippen LogP contribution in [0.15, 0.2) is 40.6 Å². The second kappa shape index (κ2) is 6.33. The van der Waals surface area contributed by atoms with Gasteiger partial charge in [-0.2, -0.15) is 18.4 Å². The maximum atomic E-state index is 13.2. The van der Waals surface area contributed by atoms with E-state index in [1.54, 1.807) is 6.07 Å². The number of aryl methyl sites for hydroxylation is 1. The molecule has 0 amide bonds. The number of hydrogen-bond donors (Lipinski definition) is 3. The van der Waals surface area contributed by atoms with Crippen LogP contribution in [0.1, 0.15) is 11.4 Å². The Morgan fingerprint density at radius 1 is 1.27 bits per heavy atom. The zero-order valence-corrected chi connectivity index (χ0v) is 13.2. The average molecular weight is 367 g/mol. The number of azo groups is 1. The third-order valence-electron chi connectivity index (χ3n) is 3.40. The Bertz CT molecular complexity index is 998. The van der Waals surface area contributed by atoms with Crippen LogP contribution in [-0.4, -0.2) is 19.8 Å². The van der Waals surface area contributed by atoms with Crippen molar-refractivity contribution >= 4 is 28.5 Å². The molecule has 1 aromatic carbocycles. The van der Waals surface area contributed by atoms with Crippen LogP contribution in [0.2, 0.25) is 0 Å². The second-order valence-electron chi connectivity index (χ2n) is 5.27. The van der Waals surface area contributed by atoms with Gasteiger partial charge in [0.15, 0.2) is 22.8 Å². The molecule has 0 aliphatic heterocycles. The molecule has 0 bridgehead atoms. The summed E-state index contributed by atoms with van der Waals surface area (Å²) in [6.07, 6.45) is -4.67. The SMILES string of the molecule is Cc1cc(C(F)(F)F)n2nc(N)c(N=Nc3ccccc3[NH+]([O-])O)c2n1. The van der Waals surface area contributed by atoms with Crippen LogP contribution >= 0.6 is 0 Å². The number of hydrogen-bond acceptors (Lipinski definition) is 7. The Kier molecular flexibility index (Phi) is 4.31. The number of aromatic nitrogens is 3. The van der Waals surface area contributed by atoms with E-state index in [9.17, 15) is 18.4 Å². The Morgan fingerprint density at radius 2 is 1.96 bits per heavy atom. The zero-order chi connectivity index (χ0) is 19.1. The largest absolute Gasteiger partial charge is 0.595 e. The number of fused-ring (bicyclic) bond motifs is 1. The summed E-state index contributed by atoms with van der Waals surface area (Å²) in [7, 11) is 0. The van der Waals surface area contributed by atoms with Gasteiger partial charge in [-0.25, -0.2) is 14.7 Å². The minimum atomic E-state index is -4.67. The van der Waals surface area contributed by atoms with Gasteiger partial charge in [-0.15, -0.1) is 15.3 Å². The highest BCUT2D eigenvalue weighted by molar-refractivity contribution is 5.76. The molecule has 4 N–H and O–H groups in total. The number of nitrogens with zero attached hydrogens (tertiary/aromatic N) is 5. The summed E-state index contributed by atoms with van der Waals surface area (Å²) in [6, 6.07) is 6.60. The van der Waals surface area contributed by atoms with Gasteiger partial charge in [-0.1, -0.05) is 12.1 Å². The van der Waals surface area contributed by atoms with Crippen molar-refractivity contribution in [3.05, 3.63) is 46.9 Å². The fourth-order valence-corrected chi connectivity index (χ4v) is 2.29. The van der Waals surface area contributed by atoms with Crippen molar-refractivity contribution in [1.82, 2.24) is 14.6 Å². The van der Waals surface area contributed by atoms with Crippen LogP contribution in [-0.2, 0) is 6.18 Å². The van der Waals surface area contributed by atoms with E-state index in [1.807, 2.05) is 0 Å². The number of para-hydroxylation sites is 1. The van der Waals surface area contributed by atoms with E-state index in [0.717, 1.165) is 6.07 Å². The van der Waals surface area contributed by atoms with E-state index in [0.29, 0.717) is 4.52 Å². The third-order valence-corrected chi connectivity index (χ3v) is 3.40. The highest BCUT2D eigenvalue weighted by Gasteiger charge is 2.35. The van der Waals surface area contributed by atoms with Crippen LogP contribution in [0, 0.1) is 12.1 Å². The van der Waals surface area contributed by atoms with Crippen LogP contribution in [0.4, 0.5) is 36.1 Å². The summed E-state index contributed by atoms with van der Waals surface area (Å²) in [5.74, 6) is -0.315. The van der Waals surface area contributed by atoms with E-state index >= 15 is 0 Å². The number of anilines is 1. The smallest absolute Gasteiger partial charge is 0.433 e. The van der Waals surface area contributed by atoms with Gasteiger partial charge in [-0.3, -0.25) is 0 Å². The van der Waals surface area contributed by atoms with Crippen molar-refractivity contribution in [2.75, 3.05) is 5.73 Å². The number of nitrogens with two attached hydrogens (primary N) is 1. The summed E-state index contributed by atoms with van der Waals surface area (Å²) in [4.78, 5) is 3.99. The highest BCUT2D eigenvalue weighted by atomic mass is 19.4. The zero-order valence-electron chi connectivity index (χ0n) is 13.2. The molecule has 2 aromatic heterocycles. The summed E-state index contributed by atoms with van der Waals surface area (Å²) in [6.45, 7) is 1.39. The lowest BCUT2D eigenvalue weighted by molar-refractivity contribution is -0.990. The molecule has 1 unspecified atom stereocenters. The molecular formula is C14H12F3N7O2. The Morgan fingerprint density at radius 3 is 2.62 bits per heavy atom. The minimum Gasteiger partial charge on any atom is -0.595 e. The van der Waals surface area contributed by atoms with Gasteiger partial charge in [0.05, 0.1) is 0 Å². The number of rotatable bonds is 3. The average Bonchev–Trinajstić information content (AvgIpc) is 2.86. The molecule has 0 aliphatic rings. The lowest BCUT2D eigenvalue weighted by atomic mass is 10.3. The molecule has 136 valence electrons. The number of quaternary nitrogens is 1. The Balaban J connectivity index is 2.15. The summed E-state index contributed by atoms with van der Waals surface area (Å²) in [5, 5.41) is 30.3. The first kappa shape index (κ1) is 17.7. The van der Waals surface area contributed by atoms with Gasteiger partial charge in [0, 0.05) is 11.8 Å². The summed E-state index contributed by atoms with van der Waals surface area (Å²) in [5.41, 5.74) is 4.19. The monoisotopic (exact) mass is 367 g/mol. The molecule has 0 spiro atoms. The van der Waals surface area contributed by atoms with Gasteiger partial charge in [0.2, 0.25) is 0 Å². The van der Waals surface area contributed by atoms with Crippen LogP contribution in [0.3, 0.4) is 0 Å². The molecule has 0 saturated carbocycles. The first-order chi connectivity index (χ1) is 12.2. The lowest BCUT2D eigenvalue weighted by Crippen LogP contribution is -2.99. The van der Waals surface area contributed by atoms with Crippen LogP contribution < -0.4 is 11.0 Å². The van der Waals surface area contributed by atoms with Gasteiger partial charge in [0.25, 0.3) is 0 Å². The normalized spacial score (nSPS) is 13.6. The topological polar surface area (TPSA) is 129 Å². The summed E-state index contributed by atoms with van der Waals surface area (Å²) >= 11 is 0. The molecule has 1 atom stereocenters. The molecule has 3 rings (SSSR count). The fraction of sp³-hybridized carbons (Fsp3) is 0.143. The Labute approximate surface area is 143 Å². The quantitative estimate of drug-likeness (QED) is 0.484. The lowest BCUT2D eigenvalue weighted by Gasteiger charge is -2.12. The van der Waals surface area contributed by atoms with E-state index < -0.39 is 17.1 Å². The minimum absolute atomic E-state index is 0.0162. The molecule has 26 heavy (non-hydrogen) atoms. The number of nitrogens with one attached hydrogen (secondary N) is 1. The molecule has 9 nitrogen and oxygen atoms in total. The van der Waals surface area contributed by atoms with Crippen LogP contribution in [0.25, 0.3) is 5.65 Å². The van der Waals surface area contributed by atoms with Gasteiger partial charge >= 0.3 is 6.18 Å². The standard InChI is InChI=1S/C14H12F3N7O2/c1-7-6-10(14(15,16)17)23-13(19-7)11(12(18)22-23)21-20-8-4-2-3-5-9(8)24(25)26/h2-6,24-25H,1H3,(H2,18,22). The van der Waals surface area contributed by atoms with Gasteiger partial charge < -0.3 is 10.9 Å². The van der Waals surface area contributed by atoms with Crippen molar-refractivity contribution in [2.45, 2.75) is 13.1 Å². The van der Waals surface area contributed by atoms with E-state index in [2.05, 4.69) is 20.3 Å². The molecule has 0 fully saturated rings.